The second kappa shape index (κ2) is 5.58. The second-order valence-corrected chi connectivity index (χ2v) is 5.85. The van der Waals surface area contributed by atoms with Crippen molar-refractivity contribution in [2.24, 2.45) is 10.9 Å². The Balaban J connectivity index is 3.19. The summed E-state index contributed by atoms with van der Waals surface area (Å²) in [5, 5.41) is 5.14. The minimum Gasteiger partial charge on any atom is -0.481 e. The number of benzene rings is 1. The summed E-state index contributed by atoms with van der Waals surface area (Å²) in [5.74, 6) is -0.165. The first-order valence-electron chi connectivity index (χ1n) is 5.76. The van der Waals surface area contributed by atoms with Gasteiger partial charge in [-0.2, -0.15) is 0 Å². The maximum Gasteiger partial charge on any atom is 0.258 e. The number of carbonyl (C=O) groups excluding carboxylic acids is 1. The number of nitrogens with two attached hydrogens (primary N) is 2. The zero-order chi connectivity index (χ0) is 14.8. The van der Waals surface area contributed by atoms with Crippen LogP contribution in [0.1, 0.15) is 24.5 Å². The van der Waals surface area contributed by atoms with Gasteiger partial charge in [0.2, 0.25) is 10.0 Å². The average Bonchev–Trinajstić information content (AvgIpc) is 2.22. The SMILES string of the molecule is CCC(Oc1cc(C)c(S(N)(=O)=O)c(C)c1)C(N)=O. The molecule has 1 rings (SSSR count). The lowest BCUT2D eigenvalue weighted by molar-refractivity contribution is -0.124. The van der Waals surface area contributed by atoms with E-state index in [0.717, 1.165) is 0 Å². The number of primary amides is 1. The molecule has 0 aliphatic heterocycles. The van der Waals surface area contributed by atoms with Gasteiger partial charge in [-0.05, 0) is 43.5 Å². The lowest BCUT2D eigenvalue weighted by atomic mass is 10.1. The molecule has 0 bridgehead atoms. The fraction of sp³-hybridized carbons (Fsp3) is 0.417. The number of primary sulfonamides is 1. The second-order valence-electron chi connectivity index (χ2n) is 4.35. The van der Waals surface area contributed by atoms with Crippen molar-refractivity contribution in [2.75, 3.05) is 0 Å². The molecule has 0 saturated heterocycles. The Hall–Kier alpha value is -1.60. The standard InChI is InChI=1S/C12H18N2O4S/c1-4-10(12(13)15)18-9-5-7(2)11(8(3)6-9)19(14,16)17/h5-6,10H,4H2,1-3H3,(H2,13,15)(H2,14,16,17). The number of sulfonamides is 1. The fourth-order valence-corrected chi connectivity index (χ4v) is 2.95. The summed E-state index contributed by atoms with van der Waals surface area (Å²) in [4.78, 5) is 11.2. The average molecular weight is 286 g/mol. The van der Waals surface area contributed by atoms with Crippen molar-refractivity contribution in [2.45, 2.75) is 38.2 Å². The van der Waals surface area contributed by atoms with E-state index in [1.165, 1.54) is 12.1 Å². The molecule has 1 aromatic rings. The fourth-order valence-electron chi connectivity index (χ4n) is 1.93. The number of ether oxygens (including phenoxy) is 1. The van der Waals surface area contributed by atoms with Gasteiger partial charge in [0.15, 0.2) is 6.10 Å². The van der Waals surface area contributed by atoms with Crippen LogP contribution in [0.3, 0.4) is 0 Å². The predicted molar refractivity (Wildman–Crippen MR) is 71.2 cm³/mol. The van der Waals surface area contributed by atoms with Crippen LogP contribution >= 0.6 is 0 Å². The largest absolute Gasteiger partial charge is 0.481 e. The van der Waals surface area contributed by atoms with Gasteiger partial charge < -0.3 is 10.5 Å². The molecule has 7 heteroatoms. The van der Waals surface area contributed by atoms with Crippen LogP contribution < -0.4 is 15.6 Å². The van der Waals surface area contributed by atoms with E-state index < -0.39 is 22.0 Å². The quantitative estimate of drug-likeness (QED) is 0.824. The molecule has 0 radical (unpaired) electrons. The van der Waals surface area contributed by atoms with Crippen LogP contribution in [0.2, 0.25) is 0 Å². The van der Waals surface area contributed by atoms with Gasteiger partial charge in [-0.15, -0.1) is 0 Å². The van der Waals surface area contributed by atoms with Gasteiger partial charge >= 0.3 is 0 Å². The van der Waals surface area contributed by atoms with Crippen LogP contribution in [0.15, 0.2) is 17.0 Å². The van der Waals surface area contributed by atoms with Crippen LogP contribution in [0.25, 0.3) is 0 Å². The van der Waals surface area contributed by atoms with Gasteiger partial charge in [0.25, 0.3) is 5.91 Å². The number of aryl methyl sites for hydroxylation is 2. The Morgan fingerprint density at radius 3 is 2.11 bits per heavy atom. The Labute approximate surface area is 112 Å². The number of hydrogen-bond acceptors (Lipinski definition) is 4. The summed E-state index contributed by atoms with van der Waals surface area (Å²) < 4.78 is 28.3. The van der Waals surface area contributed by atoms with Gasteiger partial charge in [-0.25, -0.2) is 13.6 Å². The van der Waals surface area contributed by atoms with E-state index in [1.807, 2.05) is 0 Å². The third-order valence-corrected chi connectivity index (χ3v) is 3.90. The Morgan fingerprint density at radius 1 is 1.32 bits per heavy atom. The highest BCUT2D eigenvalue weighted by atomic mass is 32.2. The monoisotopic (exact) mass is 286 g/mol. The Kier molecular flexibility index (Phi) is 4.54. The van der Waals surface area contributed by atoms with E-state index in [2.05, 4.69) is 0 Å². The van der Waals surface area contributed by atoms with Crippen molar-refractivity contribution in [1.82, 2.24) is 0 Å². The minimum atomic E-state index is -3.78. The van der Waals surface area contributed by atoms with Crippen molar-refractivity contribution in [3.05, 3.63) is 23.3 Å². The maximum atomic E-state index is 11.4. The summed E-state index contributed by atoms with van der Waals surface area (Å²) in [5.41, 5.74) is 6.13. The van der Waals surface area contributed by atoms with E-state index in [4.69, 9.17) is 15.6 Å². The molecule has 0 saturated carbocycles. The summed E-state index contributed by atoms with van der Waals surface area (Å²) >= 11 is 0. The van der Waals surface area contributed by atoms with Crippen molar-refractivity contribution >= 4 is 15.9 Å². The van der Waals surface area contributed by atoms with Crippen molar-refractivity contribution < 1.29 is 17.9 Å². The molecule has 0 fully saturated rings. The van der Waals surface area contributed by atoms with Crippen LogP contribution in [0, 0.1) is 13.8 Å². The molecule has 1 aromatic carbocycles. The normalized spacial score (nSPS) is 13.1. The van der Waals surface area contributed by atoms with E-state index >= 15 is 0 Å². The lowest BCUT2D eigenvalue weighted by Gasteiger charge is -2.16. The molecule has 0 spiro atoms. The number of rotatable bonds is 5. The molecule has 1 amide bonds. The smallest absolute Gasteiger partial charge is 0.258 e. The van der Waals surface area contributed by atoms with Crippen LogP contribution in [0.4, 0.5) is 0 Å². The third kappa shape index (κ3) is 3.68. The topological polar surface area (TPSA) is 112 Å². The summed E-state index contributed by atoms with van der Waals surface area (Å²) in [6.45, 7) is 5.00. The highest BCUT2D eigenvalue weighted by molar-refractivity contribution is 7.89. The van der Waals surface area contributed by atoms with Crippen LogP contribution in [0.5, 0.6) is 5.75 Å². The summed E-state index contributed by atoms with van der Waals surface area (Å²) in [7, 11) is -3.78. The molecule has 1 unspecified atom stereocenters. The highest BCUT2D eigenvalue weighted by Gasteiger charge is 2.19. The molecule has 106 valence electrons. The first-order chi connectivity index (χ1) is 8.66. The number of hydrogen-bond donors (Lipinski definition) is 2. The molecular weight excluding hydrogens is 268 g/mol. The molecule has 0 aliphatic carbocycles. The summed E-state index contributed by atoms with van der Waals surface area (Å²) in [6, 6.07) is 3.05. The molecule has 0 aromatic heterocycles. The first kappa shape index (κ1) is 15.5. The zero-order valence-corrected chi connectivity index (χ0v) is 12.0. The molecule has 0 aliphatic rings. The Bertz CT molecular complexity index is 573. The van der Waals surface area contributed by atoms with Crippen molar-refractivity contribution in [1.29, 1.82) is 0 Å². The number of carbonyl (C=O) groups is 1. The molecular formula is C12H18N2O4S. The van der Waals surface area contributed by atoms with Gasteiger partial charge in [-0.1, -0.05) is 6.92 Å². The van der Waals surface area contributed by atoms with E-state index in [1.54, 1.807) is 20.8 Å². The molecule has 0 heterocycles. The molecule has 19 heavy (non-hydrogen) atoms. The molecule has 1 atom stereocenters. The zero-order valence-electron chi connectivity index (χ0n) is 11.1. The third-order valence-electron chi connectivity index (χ3n) is 2.68. The van der Waals surface area contributed by atoms with Gasteiger partial charge in [0.1, 0.15) is 5.75 Å². The minimum absolute atomic E-state index is 0.0759. The van der Waals surface area contributed by atoms with Gasteiger partial charge in [0.05, 0.1) is 4.90 Å². The van der Waals surface area contributed by atoms with E-state index in [-0.39, 0.29) is 4.90 Å². The van der Waals surface area contributed by atoms with Crippen LogP contribution in [-0.4, -0.2) is 20.4 Å². The molecule has 4 N–H and O–H groups in total. The maximum absolute atomic E-state index is 11.4. The Morgan fingerprint density at radius 2 is 1.79 bits per heavy atom. The lowest BCUT2D eigenvalue weighted by Crippen LogP contribution is -2.33. The summed E-state index contributed by atoms with van der Waals surface area (Å²) in [6.07, 6.45) is -0.302. The highest BCUT2D eigenvalue weighted by Crippen LogP contribution is 2.25. The van der Waals surface area contributed by atoms with Gasteiger partial charge in [-0.3, -0.25) is 4.79 Å². The van der Waals surface area contributed by atoms with E-state index in [9.17, 15) is 13.2 Å². The van der Waals surface area contributed by atoms with Crippen molar-refractivity contribution in [3.8, 4) is 5.75 Å². The predicted octanol–water partition coefficient (Wildman–Crippen LogP) is 0.594. The van der Waals surface area contributed by atoms with E-state index in [0.29, 0.717) is 23.3 Å². The van der Waals surface area contributed by atoms with Crippen molar-refractivity contribution in [3.63, 3.8) is 0 Å². The number of amides is 1. The van der Waals surface area contributed by atoms with Gasteiger partial charge in [0, 0.05) is 0 Å². The molecule has 6 nitrogen and oxygen atoms in total. The van der Waals surface area contributed by atoms with Crippen LogP contribution in [-0.2, 0) is 14.8 Å². The first-order valence-corrected chi connectivity index (χ1v) is 7.31.